The normalized spacial score (nSPS) is 18.9. The van der Waals surface area contributed by atoms with Gasteiger partial charge in [0.2, 0.25) is 0 Å². The van der Waals surface area contributed by atoms with Crippen LogP contribution in [0.25, 0.3) is 0 Å². The molecule has 6 nitrogen and oxygen atoms in total. The van der Waals surface area contributed by atoms with Crippen LogP contribution in [-0.2, 0) is 22.6 Å². The average molecular weight is 538 g/mol. The van der Waals surface area contributed by atoms with Crippen LogP contribution in [0.4, 0.5) is 31.1 Å². The minimum absolute atomic E-state index is 0.0325. The summed E-state index contributed by atoms with van der Waals surface area (Å²) < 4.78 is 79.9. The largest absolute Gasteiger partial charge is 0.434 e. The van der Waals surface area contributed by atoms with Crippen LogP contribution in [-0.4, -0.2) is 84.3 Å². The second kappa shape index (κ2) is 12.0. The van der Waals surface area contributed by atoms with Crippen molar-refractivity contribution in [3.8, 4) is 0 Å². The lowest BCUT2D eigenvalue weighted by Gasteiger charge is -2.35. The molecule has 0 atom stereocenters. The number of ether oxygens (including phenoxy) is 1. The standard InChI is InChI=1S/C25H33F6N3O3/c1-17(35)14-19-6-8-32(9-7-19)15-20-4-3-5-21(18(20)2)16-33-10-12-34(13-11-33)23(36)37-22(24(26,27)28)25(29,30)31/h3-5,19,22H,6-16H2,1-2H3. The number of carbonyl (C=O) groups excluding carboxylic acids is 2. The number of carbonyl (C=O) groups is 2. The third kappa shape index (κ3) is 8.33. The molecular weight excluding hydrogens is 504 g/mol. The van der Waals surface area contributed by atoms with E-state index >= 15 is 0 Å². The Morgan fingerprint density at radius 1 is 0.892 bits per heavy atom. The van der Waals surface area contributed by atoms with Crippen molar-refractivity contribution >= 4 is 11.9 Å². The SMILES string of the molecule is CC(=O)CC1CCN(Cc2cccc(CN3CCN(C(=O)OC(C(F)(F)F)C(F)(F)F)CC3)c2C)CC1. The Bertz CT molecular complexity index is 923. The van der Waals surface area contributed by atoms with E-state index in [2.05, 4.69) is 15.7 Å². The van der Waals surface area contributed by atoms with E-state index < -0.39 is 24.5 Å². The number of rotatable bonds is 7. The van der Waals surface area contributed by atoms with Crippen molar-refractivity contribution in [1.29, 1.82) is 0 Å². The number of alkyl halides is 6. The maximum atomic E-state index is 12.7. The van der Waals surface area contributed by atoms with Gasteiger partial charge in [0.25, 0.3) is 6.10 Å². The van der Waals surface area contributed by atoms with Gasteiger partial charge in [-0.3, -0.25) is 9.80 Å². The molecule has 2 aliphatic heterocycles. The lowest BCUT2D eigenvalue weighted by molar-refractivity contribution is -0.308. The van der Waals surface area contributed by atoms with E-state index in [1.807, 2.05) is 24.0 Å². The van der Waals surface area contributed by atoms with Crippen molar-refractivity contribution in [3.63, 3.8) is 0 Å². The number of nitrogens with zero attached hydrogens (tertiary/aromatic N) is 3. The Balaban J connectivity index is 1.51. The van der Waals surface area contributed by atoms with E-state index in [1.165, 1.54) is 5.56 Å². The fraction of sp³-hybridized carbons (Fsp3) is 0.680. The number of benzene rings is 1. The number of amides is 1. The first-order valence-electron chi connectivity index (χ1n) is 12.3. The summed E-state index contributed by atoms with van der Waals surface area (Å²) >= 11 is 0. The number of likely N-dealkylation sites (tertiary alicyclic amines) is 1. The molecule has 1 amide bonds. The van der Waals surface area contributed by atoms with Crippen LogP contribution in [0.1, 0.15) is 42.9 Å². The van der Waals surface area contributed by atoms with Gasteiger partial charge in [0.05, 0.1) is 0 Å². The van der Waals surface area contributed by atoms with E-state index in [-0.39, 0.29) is 18.9 Å². The fourth-order valence-corrected chi connectivity index (χ4v) is 4.90. The summed E-state index contributed by atoms with van der Waals surface area (Å²) in [5.74, 6) is 0.677. The molecule has 0 aliphatic carbocycles. The molecule has 1 aromatic carbocycles. The first-order valence-corrected chi connectivity index (χ1v) is 12.3. The van der Waals surface area contributed by atoms with Gasteiger partial charge in [-0.15, -0.1) is 0 Å². The van der Waals surface area contributed by atoms with Crippen molar-refractivity contribution in [2.75, 3.05) is 39.3 Å². The molecule has 0 spiro atoms. The summed E-state index contributed by atoms with van der Waals surface area (Å²) in [6.07, 6.45) is -14.6. The molecule has 0 N–H and O–H groups in total. The highest BCUT2D eigenvalue weighted by molar-refractivity contribution is 5.75. The molecule has 0 aromatic heterocycles. The van der Waals surface area contributed by atoms with Gasteiger partial charge >= 0.3 is 18.4 Å². The van der Waals surface area contributed by atoms with E-state index in [0.717, 1.165) is 48.5 Å². The number of hydrogen-bond donors (Lipinski definition) is 0. The Hall–Kier alpha value is -2.34. The number of hydrogen-bond acceptors (Lipinski definition) is 5. The van der Waals surface area contributed by atoms with Gasteiger partial charge in [0, 0.05) is 45.7 Å². The Morgan fingerprint density at radius 2 is 1.38 bits per heavy atom. The van der Waals surface area contributed by atoms with Gasteiger partial charge in [0.1, 0.15) is 5.78 Å². The maximum absolute atomic E-state index is 12.7. The molecule has 2 fully saturated rings. The number of piperidine rings is 1. The monoisotopic (exact) mass is 537 g/mol. The number of Topliss-reactive ketones (excluding diaryl/α,β-unsaturated/α-hetero) is 1. The minimum Gasteiger partial charge on any atom is -0.426 e. The second-order valence-corrected chi connectivity index (χ2v) is 9.94. The Kier molecular flexibility index (Phi) is 9.49. The van der Waals surface area contributed by atoms with E-state index in [9.17, 15) is 35.9 Å². The molecule has 3 rings (SSSR count). The van der Waals surface area contributed by atoms with Crippen molar-refractivity contribution in [3.05, 3.63) is 34.9 Å². The molecule has 0 radical (unpaired) electrons. The number of ketones is 1. The molecule has 0 unspecified atom stereocenters. The summed E-state index contributed by atoms with van der Waals surface area (Å²) in [5.41, 5.74) is 3.40. The quantitative estimate of drug-likeness (QED) is 0.462. The third-order valence-corrected chi connectivity index (χ3v) is 7.07. The minimum atomic E-state index is -5.73. The smallest absolute Gasteiger partial charge is 0.426 e. The van der Waals surface area contributed by atoms with Gasteiger partial charge in [0.15, 0.2) is 0 Å². The lowest BCUT2D eigenvalue weighted by atomic mass is 9.91. The van der Waals surface area contributed by atoms with Gasteiger partial charge in [-0.1, -0.05) is 18.2 Å². The molecule has 0 saturated carbocycles. The molecule has 1 aromatic rings. The van der Waals surface area contributed by atoms with Crippen LogP contribution >= 0.6 is 0 Å². The Morgan fingerprint density at radius 3 is 1.84 bits per heavy atom. The summed E-state index contributed by atoms with van der Waals surface area (Å²) in [4.78, 5) is 28.6. The van der Waals surface area contributed by atoms with Crippen molar-refractivity contribution < 1.29 is 40.7 Å². The highest BCUT2D eigenvalue weighted by Crippen LogP contribution is 2.36. The van der Waals surface area contributed by atoms with Gasteiger partial charge < -0.3 is 14.4 Å². The second-order valence-electron chi connectivity index (χ2n) is 9.94. The molecule has 0 bridgehead atoms. The van der Waals surface area contributed by atoms with Crippen LogP contribution in [0, 0.1) is 12.8 Å². The summed E-state index contributed by atoms with van der Waals surface area (Å²) in [5, 5.41) is 0. The van der Waals surface area contributed by atoms with Gasteiger partial charge in [-0.25, -0.2) is 4.79 Å². The van der Waals surface area contributed by atoms with Crippen LogP contribution < -0.4 is 0 Å². The summed E-state index contributed by atoms with van der Waals surface area (Å²) in [6, 6.07) is 6.05. The van der Waals surface area contributed by atoms with Crippen molar-refractivity contribution in [2.45, 2.75) is 64.7 Å². The predicted octanol–water partition coefficient (Wildman–Crippen LogP) is 4.93. The summed E-state index contributed by atoms with van der Waals surface area (Å²) in [6.45, 7) is 7.41. The molecule has 208 valence electrons. The van der Waals surface area contributed by atoms with E-state index in [4.69, 9.17) is 0 Å². The fourth-order valence-electron chi connectivity index (χ4n) is 4.90. The number of halogens is 6. The Labute approximate surface area is 212 Å². The molecule has 37 heavy (non-hydrogen) atoms. The zero-order valence-corrected chi connectivity index (χ0v) is 21.0. The molecule has 2 heterocycles. The van der Waals surface area contributed by atoms with E-state index in [1.54, 1.807) is 6.92 Å². The average Bonchev–Trinajstić information content (AvgIpc) is 2.80. The van der Waals surface area contributed by atoms with Gasteiger partial charge in [-0.2, -0.15) is 26.3 Å². The van der Waals surface area contributed by atoms with Crippen LogP contribution in [0.3, 0.4) is 0 Å². The molecular formula is C25H33F6N3O3. The summed E-state index contributed by atoms with van der Waals surface area (Å²) in [7, 11) is 0. The van der Waals surface area contributed by atoms with Crippen LogP contribution in [0.15, 0.2) is 18.2 Å². The number of piperazine rings is 1. The zero-order chi connectivity index (χ0) is 27.4. The molecule has 2 aliphatic rings. The topological polar surface area (TPSA) is 53.1 Å². The first-order chi connectivity index (χ1) is 17.2. The van der Waals surface area contributed by atoms with Crippen LogP contribution in [0.2, 0.25) is 0 Å². The highest BCUT2D eigenvalue weighted by atomic mass is 19.4. The highest BCUT2D eigenvalue weighted by Gasteiger charge is 2.60. The molecule has 2 saturated heterocycles. The maximum Gasteiger partial charge on any atom is 0.434 e. The van der Waals surface area contributed by atoms with Crippen molar-refractivity contribution in [2.24, 2.45) is 5.92 Å². The zero-order valence-electron chi connectivity index (χ0n) is 21.0. The first kappa shape index (κ1) is 29.2. The molecule has 12 heteroatoms. The predicted molar refractivity (Wildman–Crippen MR) is 124 cm³/mol. The van der Waals surface area contributed by atoms with E-state index in [0.29, 0.717) is 32.0 Å². The van der Waals surface area contributed by atoms with Crippen molar-refractivity contribution in [1.82, 2.24) is 14.7 Å². The van der Waals surface area contributed by atoms with Gasteiger partial charge in [-0.05, 0) is 62.4 Å². The van der Waals surface area contributed by atoms with Crippen LogP contribution in [0.5, 0.6) is 0 Å². The lowest BCUT2D eigenvalue weighted by Crippen LogP contribution is -2.52. The third-order valence-electron chi connectivity index (χ3n) is 7.07.